The van der Waals surface area contributed by atoms with Gasteiger partial charge in [0.15, 0.2) is 27.7 Å². The van der Waals surface area contributed by atoms with Crippen LogP contribution in [0.2, 0.25) is 5.15 Å². The van der Waals surface area contributed by atoms with E-state index < -0.39 is 5.91 Å². The number of hydrogen-bond acceptors (Lipinski definition) is 8. The van der Waals surface area contributed by atoms with E-state index in [0.717, 1.165) is 12.3 Å². The molecule has 1 amide bonds. The zero-order chi connectivity index (χ0) is 13.1. The Kier molecular flexibility index (Phi) is 3.72. The van der Waals surface area contributed by atoms with Crippen LogP contribution >= 0.6 is 23.4 Å². The number of hydrazine groups is 1. The summed E-state index contributed by atoms with van der Waals surface area (Å²) in [6, 6.07) is 0. The maximum absolute atomic E-state index is 11.8. The second kappa shape index (κ2) is 5.27. The summed E-state index contributed by atoms with van der Waals surface area (Å²) in [6.07, 6.45) is 0. The molecule has 1 aliphatic rings. The minimum absolute atomic E-state index is 0.0191. The number of thioether (sulfide) groups is 1. The topological polar surface area (TPSA) is 131 Å². The summed E-state index contributed by atoms with van der Waals surface area (Å²) in [6.45, 7) is 0.721. The Bertz CT molecular complexity index is 520. The minimum Gasteiger partial charge on any atom is -0.382 e. The zero-order valence-corrected chi connectivity index (χ0v) is 10.7. The predicted octanol–water partition coefficient (Wildman–Crippen LogP) is -0.368. The molecule has 2 heterocycles. The van der Waals surface area contributed by atoms with Gasteiger partial charge in [-0.25, -0.2) is 9.97 Å². The van der Waals surface area contributed by atoms with Gasteiger partial charge in [0.25, 0.3) is 5.91 Å². The Hall–Kier alpha value is -1.74. The van der Waals surface area contributed by atoms with Gasteiger partial charge in [-0.2, -0.15) is 0 Å². The summed E-state index contributed by atoms with van der Waals surface area (Å²) in [5.41, 5.74) is 15.9. The molecule has 0 aromatic carbocycles. The van der Waals surface area contributed by atoms with Gasteiger partial charge in [-0.3, -0.25) is 20.6 Å². The molecule has 0 saturated carbocycles. The van der Waals surface area contributed by atoms with Gasteiger partial charge in [0.05, 0.1) is 6.54 Å². The molecule has 10 heteroatoms. The lowest BCUT2D eigenvalue weighted by molar-refractivity contribution is 0.0940. The van der Waals surface area contributed by atoms with Crippen molar-refractivity contribution < 1.29 is 4.79 Å². The predicted molar refractivity (Wildman–Crippen MR) is 71.2 cm³/mol. The summed E-state index contributed by atoms with van der Waals surface area (Å²) in [5.74, 6) is 0.220. The van der Waals surface area contributed by atoms with Gasteiger partial charge in [-0.15, -0.1) is 0 Å². The Labute approximate surface area is 112 Å². The van der Waals surface area contributed by atoms with Crippen molar-refractivity contribution in [1.82, 2.24) is 20.8 Å². The van der Waals surface area contributed by atoms with Crippen LogP contribution in [0.3, 0.4) is 0 Å². The molecular formula is C8H10ClN7OS. The molecule has 1 aromatic heterocycles. The highest BCUT2D eigenvalue weighted by Crippen LogP contribution is 2.17. The molecule has 0 aliphatic carbocycles. The molecule has 0 fully saturated rings. The number of anilines is 2. The number of aliphatic imine (C=N–C) groups is 1. The van der Waals surface area contributed by atoms with Gasteiger partial charge in [-0.05, 0) is 0 Å². The first-order valence-corrected chi connectivity index (χ1v) is 6.26. The van der Waals surface area contributed by atoms with Gasteiger partial charge in [0.1, 0.15) is 0 Å². The normalized spacial score (nSPS) is 14.2. The Morgan fingerprint density at radius 2 is 2.11 bits per heavy atom. The fourth-order valence-electron chi connectivity index (χ4n) is 1.19. The number of halogens is 1. The first-order chi connectivity index (χ1) is 8.58. The summed E-state index contributed by atoms with van der Waals surface area (Å²) in [7, 11) is 0. The molecular weight excluding hydrogens is 278 g/mol. The van der Waals surface area contributed by atoms with Crippen LogP contribution in [0.25, 0.3) is 0 Å². The lowest BCUT2D eigenvalue weighted by Crippen LogP contribution is -2.40. The van der Waals surface area contributed by atoms with Gasteiger partial charge in [0.2, 0.25) is 0 Å². The maximum Gasteiger partial charge on any atom is 0.292 e. The van der Waals surface area contributed by atoms with Gasteiger partial charge >= 0.3 is 0 Å². The zero-order valence-electron chi connectivity index (χ0n) is 9.11. The molecule has 0 bridgehead atoms. The highest BCUT2D eigenvalue weighted by atomic mass is 35.5. The van der Waals surface area contributed by atoms with Crippen LogP contribution in [0, 0.1) is 0 Å². The Balaban J connectivity index is 2.06. The summed E-state index contributed by atoms with van der Waals surface area (Å²) < 4.78 is 0. The van der Waals surface area contributed by atoms with Crippen molar-refractivity contribution in [2.45, 2.75) is 0 Å². The van der Waals surface area contributed by atoms with Crippen molar-refractivity contribution in [2.75, 3.05) is 23.8 Å². The summed E-state index contributed by atoms with van der Waals surface area (Å²) in [4.78, 5) is 23.3. The molecule has 2 rings (SSSR count). The monoisotopic (exact) mass is 287 g/mol. The number of amides is 1. The third-order valence-corrected chi connectivity index (χ3v) is 3.16. The number of nitrogens with one attached hydrogen (secondary N) is 2. The first kappa shape index (κ1) is 12.7. The third kappa shape index (κ3) is 2.74. The lowest BCUT2D eigenvalue weighted by Gasteiger charge is -2.08. The van der Waals surface area contributed by atoms with Crippen molar-refractivity contribution >= 4 is 46.1 Å². The van der Waals surface area contributed by atoms with E-state index >= 15 is 0 Å². The van der Waals surface area contributed by atoms with Crippen LogP contribution in [0.1, 0.15) is 10.5 Å². The molecule has 0 unspecified atom stereocenters. The largest absolute Gasteiger partial charge is 0.382 e. The van der Waals surface area contributed by atoms with Crippen LogP contribution in [0.15, 0.2) is 4.99 Å². The van der Waals surface area contributed by atoms with Crippen molar-refractivity contribution in [3.8, 4) is 0 Å². The first-order valence-electron chi connectivity index (χ1n) is 4.90. The Morgan fingerprint density at radius 3 is 2.78 bits per heavy atom. The Morgan fingerprint density at radius 1 is 1.33 bits per heavy atom. The number of nitrogens with two attached hydrogens (primary N) is 2. The van der Waals surface area contributed by atoms with E-state index in [0.29, 0.717) is 5.17 Å². The molecule has 1 aromatic rings. The molecule has 8 nitrogen and oxygen atoms in total. The van der Waals surface area contributed by atoms with Gasteiger partial charge in [0, 0.05) is 5.75 Å². The fraction of sp³-hybridized carbons (Fsp3) is 0.250. The average Bonchev–Trinajstić information content (AvgIpc) is 2.84. The molecule has 0 atom stereocenters. The highest BCUT2D eigenvalue weighted by molar-refractivity contribution is 8.14. The van der Waals surface area contributed by atoms with E-state index in [1.54, 1.807) is 0 Å². The number of nitrogen functional groups attached to an aromatic ring is 2. The quantitative estimate of drug-likeness (QED) is 0.518. The molecule has 6 N–H and O–H groups in total. The number of rotatable bonds is 1. The SMILES string of the molecule is Nc1nc(N)c(C(=O)NNC2=NCCS2)nc1Cl. The van der Waals surface area contributed by atoms with Gasteiger partial charge < -0.3 is 11.5 Å². The van der Waals surface area contributed by atoms with E-state index in [1.165, 1.54) is 11.8 Å². The van der Waals surface area contributed by atoms with Gasteiger partial charge in [-0.1, -0.05) is 23.4 Å². The molecule has 0 radical (unpaired) electrons. The average molecular weight is 288 g/mol. The fourth-order valence-corrected chi connectivity index (χ4v) is 2.00. The van der Waals surface area contributed by atoms with E-state index in [2.05, 4.69) is 25.8 Å². The number of carbonyl (C=O) groups is 1. The van der Waals surface area contributed by atoms with Crippen molar-refractivity contribution in [3.63, 3.8) is 0 Å². The van der Waals surface area contributed by atoms with E-state index in [1.807, 2.05) is 0 Å². The van der Waals surface area contributed by atoms with Crippen LogP contribution in [-0.2, 0) is 0 Å². The van der Waals surface area contributed by atoms with E-state index in [4.69, 9.17) is 23.1 Å². The van der Waals surface area contributed by atoms with E-state index in [9.17, 15) is 4.79 Å². The smallest absolute Gasteiger partial charge is 0.292 e. The van der Waals surface area contributed by atoms with Crippen LogP contribution in [0.5, 0.6) is 0 Å². The molecule has 1 aliphatic heterocycles. The molecule has 18 heavy (non-hydrogen) atoms. The van der Waals surface area contributed by atoms with Crippen LogP contribution in [-0.4, -0.2) is 33.3 Å². The van der Waals surface area contributed by atoms with Crippen molar-refractivity contribution in [1.29, 1.82) is 0 Å². The van der Waals surface area contributed by atoms with E-state index in [-0.39, 0.29) is 22.5 Å². The minimum atomic E-state index is -0.558. The third-order valence-electron chi connectivity index (χ3n) is 1.99. The van der Waals surface area contributed by atoms with Crippen LogP contribution < -0.4 is 22.3 Å². The highest BCUT2D eigenvalue weighted by Gasteiger charge is 2.16. The van der Waals surface area contributed by atoms with Crippen molar-refractivity contribution in [3.05, 3.63) is 10.8 Å². The van der Waals surface area contributed by atoms with Crippen molar-refractivity contribution in [2.24, 2.45) is 4.99 Å². The maximum atomic E-state index is 11.8. The molecule has 0 saturated heterocycles. The second-order valence-electron chi connectivity index (χ2n) is 3.25. The number of carbonyl (C=O) groups excluding carboxylic acids is 1. The lowest BCUT2D eigenvalue weighted by atomic mass is 10.4. The summed E-state index contributed by atoms with van der Waals surface area (Å²) >= 11 is 7.17. The molecule has 0 spiro atoms. The number of nitrogens with zero attached hydrogens (tertiary/aromatic N) is 3. The number of amidine groups is 1. The molecule has 96 valence electrons. The second-order valence-corrected chi connectivity index (χ2v) is 4.69. The standard InChI is InChI=1S/C8H10ClN7OS/c9-4-6(11)14-5(10)3(13-4)7(17)15-16-8-12-1-2-18-8/h1-2H2,(H,12,16)(H,15,17)(H4,10,11,14). The number of hydrogen-bond donors (Lipinski definition) is 4. The van der Waals surface area contributed by atoms with Crippen LogP contribution in [0.4, 0.5) is 11.6 Å². The number of aromatic nitrogens is 2. The summed E-state index contributed by atoms with van der Waals surface area (Å²) in [5, 5.41) is 0.568.